The second kappa shape index (κ2) is 7.67. The van der Waals surface area contributed by atoms with Crippen molar-refractivity contribution in [1.82, 2.24) is 19.8 Å². The van der Waals surface area contributed by atoms with E-state index in [-0.39, 0.29) is 34.9 Å². The van der Waals surface area contributed by atoms with Gasteiger partial charge in [0.25, 0.3) is 5.91 Å². The van der Waals surface area contributed by atoms with Gasteiger partial charge in [-0.1, -0.05) is 5.16 Å². The van der Waals surface area contributed by atoms with Crippen molar-refractivity contribution in [3.05, 3.63) is 80.9 Å². The Labute approximate surface area is 187 Å². The lowest BCUT2D eigenvalue weighted by Gasteiger charge is -2.37. The van der Waals surface area contributed by atoms with Crippen molar-refractivity contribution in [1.29, 1.82) is 0 Å². The largest absolute Gasteiger partial charge is 0.355 e. The summed E-state index contributed by atoms with van der Waals surface area (Å²) in [6, 6.07) is 6.46. The van der Waals surface area contributed by atoms with Crippen molar-refractivity contribution < 1.29 is 18.1 Å². The molecule has 0 N–H and O–H groups in total. The van der Waals surface area contributed by atoms with Gasteiger partial charge in [-0.3, -0.25) is 9.48 Å². The molecular weight excluding hydrogens is 434 g/mol. The topological polar surface area (TPSA) is 64.2 Å². The lowest BCUT2D eigenvalue weighted by molar-refractivity contribution is 0.0656. The fourth-order valence-corrected chi connectivity index (χ4v) is 5.36. The molecule has 2 atom stereocenters. The number of carbonyl (C=O) groups excluding carboxylic acids is 1. The maximum Gasteiger partial charge on any atom is 0.276 e. The Morgan fingerprint density at radius 1 is 1.22 bits per heavy atom. The molecule has 0 aliphatic carbocycles. The molecular formula is C23H20F2N4O2S. The van der Waals surface area contributed by atoms with E-state index in [0.717, 1.165) is 29.0 Å². The van der Waals surface area contributed by atoms with E-state index in [2.05, 4.69) is 10.3 Å². The van der Waals surface area contributed by atoms with Gasteiger partial charge in [0.2, 0.25) is 0 Å². The molecule has 1 aliphatic rings. The van der Waals surface area contributed by atoms with Crippen LogP contribution in [0.3, 0.4) is 0 Å². The number of hydrogen-bond donors (Lipinski definition) is 0. The third-order valence-corrected chi connectivity index (χ3v) is 7.22. The Hall–Kier alpha value is -3.33. The van der Waals surface area contributed by atoms with Crippen LogP contribution in [-0.4, -0.2) is 32.3 Å². The van der Waals surface area contributed by atoms with Gasteiger partial charge < -0.3 is 9.42 Å². The van der Waals surface area contributed by atoms with Crippen LogP contribution >= 0.6 is 11.3 Å². The van der Waals surface area contributed by atoms with E-state index in [1.807, 2.05) is 43.2 Å². The average Bonchev–Trinajstić information content (AvgIpc) is 3.50. The molecule has 0 saturated heterocycles. The first kappa shape index (κ1) is 20.6. The zero-order valence-corrected chi connectivity index (χ0v) is 18.5. The van der Waals surface area contributed by atoms with Crippen LogP contribution in [0.5, 0.6) is 0 Å². The van der Waals surface area contributed by atoms with E-state index >= 15 is 0 Å². The zero-order chi connectivity index (χ0) is 22.6. The number of fused-ring (bicyclic) bond motifs is 1. The summed E-state index contributed by atoms with van der Waals surface area (Å²) in [4.78, 5) is 16.4. The molecule has 0 spiro atoms. The average molecular weight is 455 g/mol. The number of benzene rings is 1. The maximum atomic E-state index is 14.1. The second-order valence-electron chi connectivity index (χ2n) is 7.94. The lowest BCUT2D eigenvalue weighted by atomic mass is 9.88. The number of amides is 1. The van der Waals surface area contributed by atoms with Gasteiger partial charge in [-0.05, 0) is 43.0 Å². The van der Waals surface area contributed by atoms with Crippen LogP contribution in [0.1, 0.15) is 51.1 Å². The molecule has 1 amide bonds. The van der Waals surface area contributed by atoms with Gasteiger partial charge >= 0.3 is 0 Å². The highest BCUT2D eigenvalue weighted by atomic mass is 32.1. The fraction of sp³-hybridized carbons (Fsp3) is 0.261. The number of aromatic nitrogens is 3. The number of hydrogen-bond acceptors (Lipinski definition) is 5. The SMILES string of the molecule is Cc1c([C@H]2CN(C(=O)c3cc(-c4ccc(F)cc4F)on3)[C@H](C)c3ccsc32)cnn1C. The van der Waals surface area contributed by atoms with E-state index in [1.54, 1.807) is 16.2 Å². The molecule has 32 heavy (non-hydrogen) atoms. The Morgan fingerprint density at radius 3 is 2.75 bits per heavy atom. The third kappa shape index (κ3) is 3.24. The molecule has 0 unspecified atom stereocenters. The highest BCUT2D eigenvalue weighted by molar-refractivity contribution is 7.10. The van der Waals surface area contributed by atoms with Crippen molar-refractivity contribution in [2.45, 2.75) is 25.8 Å². The van der Waals surface area contributed by atoms with Gasteiger partial charge in [0.05, 0.1) is 17.8 Å². The molecule has 164 valence electrons. The number of carbonyl (C=O) groups is 1. The van der Waals surface area contributed by atoms with Gasteiger partial charge in [-0.25, -0.2) is 8.78 Å². The minimum Gasteiger partial charge on any atom is -0.355 e. The zero-order valence-electron chi connectivity index (χ0n) is 17.7. The van der Waals surface area contributed by atoms with E-state index in [4.69, 9.17) is 4.52 Å². The number of aryl methyl sites for hydroxylation is 1. The normalized spacial score (nSPS) is 18.1. The Kier molecular flexibility index (Phi) is 4.93. The van der Waals surface area contributed by atoms with E-state index in [0.29, 0.717) is 6.54 Å². The van der Waals surface area contributed by atoms with E-state index < -0.39 is 11.6 Å². The minimum atomic E-state index is -0.776. The van der Waals surface area contributed by atoms with Crippen molar-refractivity contribution in [3.63, 3.8) is 0 Å². The predicted octanol–water partition coefficient (Wildman–Crippen LogP) is 5.07. The van der Waals surface area contributed by atoms with Crippen LogP contribution < -0.4 is 0 Å². The number of rotatable bonds is 3. The number of thiophene rings is 1. The van der Waals surface area contributed by atoms with Gasteiger partial charge in [0, 0.05) is 47.8 Å². The van der Waals surface area contributed by atoms with Crippen molar-refractivity contribution in [2.75, 3.05) is 6.54 Å². The summed E-state index contributed by atoms with van der Waals surface area (Å²) in [6.45, 7) is 4.46. The molecule has 0 radical (unpaired) electrons. The predicted molar refractivity (Wildman–Crippen MR) is 115 cm³/mol. The highest BCUT2D eigenvalue weighted by Gasteiger charge is 2.37. The number of nitrogens with zero attached hydrogens (tertiary/aromatic N) is 4. The first-order valence-corrected chi connectivity index (χ1v) is 11.0. The quantitative estimate of drug-likeness (QED) is 0.434. The molecule has 0 saturated carbocycles. The molecule has 4 heterocycles. The Balaban J connectivity index is 1.49. The Morgan fingerprint density at radius 2 is 2.03 bits per heavy atom. The lowest BCUT2D eigenvalue weighted by Crippen LogP contribution is -2.40. The summed E-state index contributed by atoms with van der Waals surface area (Å²) in [6.07, 6.45) is 1.85. The first-order chi connectivity index (χ1) is 15.3. The highest BCUT2D eigenvalue weighted by Crippen LogP contribution is 2.43. The summed E-state index contributed by atoms with van der Waals surface area (Å²) >= 11 is 1.68. The van der Waals surface area contributed by atoms with E-state index in [1.165, 1.54) is 17.0 Å². The molecule has 1 aromatic carbocycles. The van der Waals surface area contributed by atoms with Gasteiger partial charge in [0.15, 0.2) is 11.5 Å². The van der Waals surface area contributed by atoms with Crippen LogP contribution in [-0.2, 0) is 7.05 Å². The monoisotopic (exact) mass is 454 g/mol. The van der Waals surface area contributed by atoms with Crippen molar-refractivity contribution in [3.8, 4) is 11.3 Å². The standard InChI is InChI=1S/C23H20F2N4O2S/c1-12-17(10-26-28(12)3)18-11-29(13(2)15-6-7-32-22(15)18)23(30)20-9-21(31-27-20)16-5-4-14(24)8-19(16)25/h4-10,13,18H,11H2,1-3H3/t13-,18-/m1/s1. The molecule has 3 aromatic heterocycles. The molecule has 4 aromatic rings. The maximum absolute atomic E-state index is 14.1. The summed E-state index contributed by atoms with van der Waals surface area (Å²) < 4.78 is 34.4. The number of halogens is 2. The second-order valence-corrected chi connectivity index (χ2v) is 8.88. The molecule has 0 bridgehead atoms. The first-order valence-electron chi connectivity index (χ1n) is 10.1. The van der Waals surface area contributed by atoms with Crippen LogP contribution in [0, 0.1) is 18.6 Å². The molecule has 6 nitrogen and oxygen atoms in total. The fourth-order valence-electron chi connectivity index (χ4n) is 4.26. The van der Waals surface area contributed by atoms with Crippen LogP contribution in [0.15, 0.2) is 46.4 Å². The molecule has 9 heteroatoms. The summed E-state index contributed by atoms with van der Waals surface area (Å²) in [5, 5.41) is 10.3. The summed E-state index contributed by atoms with van der Waals surface area (Å²) in [5.74, 6) is -1.70. The third-order valence-electron chi connectivity index (χ3n) is 6.18. The smallest absolute Gasteiger partial charge is 0.276 e. The molecule has 5 rings (SSSR count). The summed E-state index contributed by atoms with van der Waals surface area (Å²) in [5.41, 5.74) is 3.35. The van der Waals surface area contributed by atoms with Gasteiger partial charge in [-0.15, -0.1) is 11.3 Å². The molecule has 0 fully saturated rings. The van der Waals surface area contributed by atoms with Crippen LogP contribution in [0.2, 0.25) is 0 Å². The van der Waals surface area contributed by atoms with Crippen LogP contribution in [0.25, 0.3) is 11.3 Å². The van der Waals surface area contributed by atoms with Gasteiger partial charge in [0.1, 0.15) is 11.6 Å². The van der Waals surface area contributed by atoms with Crippen molar-refractivity contribution in [2.24, 2.45) is 7.05 Å². The Bertz CT molecular complexity index is 1330. The van der Waals surface area contributed by atoms with Crippen LogP contribution in [0.4, 0.5) is 8.78 Å². The van der Waals surface area contributed by atoms with Crippen molar-refractivity contribution >= 4 is 17.2 Å². The van der Waals surface area contributed by atoms with E-state index in [9.17, 15) is 13.6 Å². The minimum absolute atomic E-state index is 0.000218. The molecule has 1 aliphatic heterocycles. The summed E-state index contributed by atoms with van der Waals surface area (Å²) in [7, 11) is 1.90. The van der Waals surface area contributed by atoms with Gasteiger partial charge in [-0.2, -0.15) is 5.10 Å².